The highest BCUT2D eigenvalue weighted by Gasteiger charge is 2.26. The summed E-state index contributed by atoms with van der Waals surface area (Å²) in [4.78, 5) is 28.4. The highest BCUT2D eigenvalue weighted by atomic mass is 19.4. The van der Waals surface area contributed by atoms with Gasteiger partial charge in [0.2, 0.25) is 5.78 Å². The van der Waals surface area contributed by atoms with E-state index in [-0.39, 0.29) is 36.7 Å². The summed E-state index contributed by atoms with van der Waals surface area (Å²) in [6.45, 7) is 0.158. The van der Waals surface area contributed by atoms with Gasteiger partial charge in [0.1, 0.15) is 5.82 Å². The lowest BCUT2D eigenvalue weighted by molar-refractivity contribution is -0.135. The van der Waals surface area contributed by atoms with Gasteiger partial charge < -0.3 is 10.4 Å². The maximum atomic E-state index is 12.8. The zero-order valence-corrected chi connectivity index (χ0v) is 18.8. The number of alkyl halides is 3. The Kier molecular flexibility index (Phi) is 6.78. The minimum Gasteiger partial charge on any atom is -0.478 e. The molecule has 0 radical (unpaired) electrons. The number of carboxylic acids is 1. The molecule has 0 fully saturated rings. The summed E-state index contributed by atoms with van der Waals surface area (Å²) >= 11 is 0. The summed E-state index contributed by atoms with van der Waals surface area (Å²) in [5.74, 6) is -0.599. The van der Waals surface area contributed by atoms with Crippen LogP contribution in [0.25, 0.3) is 17.0 Å². The smallest absolute Gasteiger partial charge is 0.389 e. The van der Waals surface area contributed by atoms with Crippen LogP contribution in [0.1, 0.15) is 34.3 Å². The normalized spacial score (nSPS) is 11.4. The molecule has 0 atom stereocenters. The quantitative estimate of drug-likeness (QED) is 0.367. The predicted octanol–water partition coefficient (Wildman–Crippen LogP) is 4.69. The fourth-order valence-corrected chi connectivity index (χ4v) is 3.71. The van der Waals surface area contributed by atoms with Crippen LogP contribution in [-0.4, -0.2) is 31.2 Å². The summed E-state index contributed by atoms with van der Waals surface area (Å²) < 4.78 is 41.3. The number of nitrogens with one attached hydrogen (secondary N) is 1. The second kappa shape index (κ2) is 9.95. The molecule has 0 saturated heterocycles. The number of imidazole rings is 1. The SMILES string of the molecule is N#Cc1ccc(-c2cn3c(=O)cc(NCc4ccc(C(=O)O)cc4)n(CCCC(F)(F)F)c3n2)cc1. The number of hydrogen-bond acceptors (Lipinski definition) is 5. The van der Waals surface area contributed by atoms with Gasteiger partial charge >= 0.3 is 12.1 Å². The second-order valence-electron chi connectivity index (χ2n) is 8.08. The molecule has 8 nitrogen and oxygen atoms in total. The monoisotopic (exact) mass is 495 g/mol. The number of halogens is 3. The third kappa shape index (κ3) is 5.55. The number of anilines is 1. The van der Waals surface area contributed by atoms with Crippen LogP contribution in [0.2, 0.25) is 0 Å². The number of nitriles is 1. The fraction of sp³-hybridized carbons (Fsp3) is 0.200. The molecule has 4 rings (SSSR count). The van der Waals surface area contributed by atoms with E-state index in [0.29, 0.717) is 16.8 Å². The molecule has 2 aromatic carbocycles. The van der Waals surface area contributed by atoms with Gasteiger partial charge in [0.15, 0.2) is 0 Å². The molecule has 36 heavy (non-hydrogen) atoms. The zero-order valence-electron chi connectivity index (χ0n) is 18.8. The standard InChI is InChI=1S/C25H20F3N5O3/c26-25(27,28)10-1-11-32-21(30-14-17-4-8-19(9-5-17)23(35)36)12-22(34)33-15-20(31-24(32)33)18-6-2-16(13-29)3-7-18/h2-9,12,15,30H,1,10-11,14H2,(H,35,36). The number of benzene rings is 2. The van der Waals surface area contributed by atoms with Gasteiger partial charge in [-0.25, -0.2) is 9.78 Å². The topological polar surface area (TPSA) is 112 Å². The molecular weight excluding hydrogens is 475 g/mol. The molecule has 0 aliphatic carbocycles. The molecule has 0 aliphatic rings. The first-order valence-corrected chi connectivity index (χ1v) is 10.9. The van der Waals surface area contributed by atoms with Gasteiger partial charge in [-0.2, -0.15) is 18.4 Å². The lowest BCUT2D eigenvalue weighted by Crippen LogP contribution is -2.21. The number of aromatic carboxylic acids is 1. The van der Waals surface area contributed by atoms with Crippen molar-refractivity contribution in [1.82, 2.24) is 14.0 Å². The van der Waals surface area contributed by atoms with Gasteiger partial charge in [-0.1, -0.05) is 24.3 Å². The van der Waals surface area contributed by atoms with Crippen molar-refractivity contribution in [3.8, 4) is 17.3 Å². The molecule has 0 saturated carbocycles. The van der Waals surface area contributed by atoms with Crippen molar-refractivity contribution < 1.29 is 23.1 Å². The highest BCUT2D eigenvalue weighted by molar-refractivity contribution is 5.87. The number of fused-ring (bicyclic) bond motifs is 1. The van der Waals surface area contributed by atoms with E-state index in [0.717, 1.165) is 5.56 Å². The van der Waals surface area contributed by atoms with Crippen LogP contribution < -0.4 is 10.9 Å². The molecule has 2 N–H and O–H groups in total. The van der Waals surface area contributed by atoms with E-state index in [9.17, 15) is 22.8 Å². The first kappa shape index (κ1) is 24.5. The lowest BCUT2D eigenvalue weighted by Gasteiger charge is -2.17. The number of aryl methyl sites for hydroxylation is 1. The van der Waals surface area contributed by atoms with E-state index < -0.39 is 24.1 Å². The maximum Gasteiger partial charge on any atom is 0.389 e. The number of carboxylic acid groups (broad SMARTS) is 1. The largest absolute Gasteiger partial charge is 0.478 e. The number of rotatable bonds is 8. The number of carbonyl (C=O) groups is 1. The Bertz CT molecular complexity index is 1500. The van der Waals surface area contributed by atoms with Crippen LogP contribution in [0.4, 0.5) is 19.0 Å². The predicted molar refractivity (Wildman–Crippen MR) is 126 cm³/mol. The van der Waals surface area contributed by atoms with Crippen molar-refractivity contribution in [2.45, 2.75) is 32.1 Å². The molecule has 11 heteroatoms. The molecule has 2 aromatic heterocycles. The van der Waals surface area contributed by atoms with Crippen molar-refractivity contribution in [3.05, 3.63) is 87.8 Å². The third-order valence-corrected chi connectivity index (χ3v) is 5.54. The average molecular weight is 495 g/mol. The number of nitrogens with zero attached hydrogens (tertiary/aromatic N) is 4. The van der Waals surface area contributed by atoms with Gasteiger partial charge in [-0.05, 0) is 36.2 Å². The molecule has 0 unspecified atom stereocenters. The molecule has 0 aliphatic heterocycles. The van der Waals surface area contributed by atoms with Crippen molar-refractivity contribution in [2.75, 3.05) is 5.32 Å². The molecule has 0 bridgehead atoms. The van der Waals surface area contributed by atoms with Gasteiger partial charge in [0.25, 0.3) is 5.56 Å². The van der Waals surface area contributed by atoms with E-state index >= 15 is 0 Å². The van der Waals surface area contributed by atoms with Crippen molar-refractivity contribution in [1.29, 1.82) is 5.26 Å². The number of aromatic nitrogens is 3. The van der Waals surface area contributed by atoms with E-state index in [1.54, 1.807) is 36.4 Å². The van der Waals surface area contributed by atoms with E-state index in [1.165, 1.54) is 33.4 Å². The molecule has 0 spiro atoms. The Balaban J connectivity index is 1.70. The summed E-state index contributed by atoms with van der Waals surface area (Å²) in [5, 5.41) is 21.1. The Morgan fingerprint density at radius 1 is 1.11 bits per heavy atom. The van der Waals surface area contributed by atoms with Crippen molar-refractivity contribution in [2.24, 2.45) is 0 Å². The molecule has 2 heterocycles. The summed E-state index contributed by atoms with van der Waals surface area (Å²) in [6, 6.07) is 16.0. The number of hydrogen-bond donors (Lipinski definition) is 2. The van der Waals surface area contributed by atoms with Crippen LogP contribution in [0, 0.1) is 11.3 Å². The third-order valence-electron chi connectivity index (χ3n) is 5.54. The van der Waals surface area contributed by atoms with Crippen molar-refractivity contribution in [3.63, 3.8) is 0 Å². The molecule has 4 aromatic rings. The first-order valence-electron chi connectivity index (χ1n) is 10.9. The first-order chi connectivity index (χ1) is 17.1. The second-order valence-corrected chi connectivity index (χ2v) is 8.08. The maximum absolute atomic E-state index is 12.8. The minimum atomic E-state index is -4.32. The van der Waals surface area contributed by atoms with Crippen LogP contribution >= 0.6 is 0 Å². The van der Waals surface area contributed by atoms with Crippen LogP contribution in [-0.2, 0) is 13.1 Å². The zero-order chi connectivity index (χ0) is 25.9. The van der Waals surface area contributed by atoms with Crippen molar-refractivity contribution >= 4 is 17.6 Å². The van der Waals surface area contributed by atoms with Gasteiger partial charge in [0.05, 0.1) is 22.9 Å². The Labute approximate surface area is 202 Å². The minimum absolute atomic E-state index is 0.0482. The lowest BCUT2D eigenvalue weighted by atomic mass is 10.1. The summed E-state index contributed by atoms with van der Waals surface area (Å²) in [6.07, 6.45) is -4.03. The van der Waals surface area contributed by atoms with E-state index in [1.807, 2.05) is 6.07 Å². The summed E-state index contributed by atoms with van der Waals surface area (Å²) in [5.41, 5.74) is 1.95. The van der Waals surface area contributed by atoms with Crippen LogP contribution in [0.15, 0.2) is 65.6 Å². The Morgan fingerprint density at radius 3 is 2.42 bits per heavy atom. The molecule has 184 valence electrons. The van der Waals surface area contributed by atoms with Gasteiger partial charge in [-0.3, -0.25) is 13.8 Å². The Hall–Kier alpha value is -4.59. The Morgan fingerprint density at radius 2 is 1.81 bits per heavy atom. The van der Waals surface area contributed by atoms with Crippen LogP contribution in [0.3, 0.4) is 0 Å². The fourth-order valence-electron chi connectivity index (χ4n) is 3.71. The van der Waals surface area contributed by atoms with Gasteiger partial charge in [0, 0.05) is 37.3 Å². The molecular formula is C25H20F3N5O3. The van der Waals surface area contributed by atoms with E-state index in [4.69, 9.17) is 10.4 Å². The van der Waals surface area contributed by atoms with E-state index in [2.05, 4.69) is 10.3 Å². The average Bonchev–Trinajstić information content (AvgIpc) is 3.30. The molecule has 0 amide bonds. The highest BCUT2D eigenvalue weighted by Crippen LogP contribution is 2.24. The van der Waals surface area contributed by atoms with Gasteiger partial charge in [-0.15, -0.1) is 0 Å². The van der Waals surface area contributed by atoms with Crippen LogP contribution in [0.5, 0.6) is 0 Å². The summed E-state index contributed by atoms with van der Waals surface area (Å²) in [7, 11) is 0.